The van der Waals surface area contributed by atoms with Gasteiger partial charge >= 0.3 is 0 Å². The van der Waals surface area contributed by atoms with Crippen molar-refractivity contribution in [1.82, 2.24) is 4.90 Å². The van der Waals surface area contributed by atoms with E-state index in [1.807, 2.05) is 6.92 Å². The summed E-state index contributed by atoms with van der Waals surface area (Å²) >= 11 is 0. The van der Waals surface area contributed by atoms with Crippen LogP contribution in [0, 0.1) is 0 Å². The van der Waals surface area contributed by atoms with Crippen LogP contribution in [0.25, 0.3) is 0 Å². The van der Waals surface area contributed by atoms with Crippen molar-refractivity contribution in [3.63, 3.8) is 0 Å². The first-order valence-electron chi connectivity index (χ1n) is 9.37. The first-order valence-corrected chi connectivity index (χ1v) is 9.37. The van der Waals surface area contributed by atoms with Gasteiger partial charge in [0.1, 0.15) is 18.5 Å². The molecule has 0 spiro atoms. The molecule has 0 saturated carbocycles. The predicted octanol–water partition coefficient (Wildman–Crippen LogP) is 4.06. The van der Waals surface area contributed by atoms with E-state index < -0.39 is 6.10 Å². The number of Topliss-reactive ketones (excluding diaryl/α,β-unsaturated/α-hetero) is 1. The smallest absolute Gasteiger partial charge is 0.162 e. The van der Waals surface area contributed by atoms with Crippen LogP contribution in [0.1, 0.15) is 70.7 Å². The number of benzene rings is 1. The van der Waals surface area contributed by atoms with Crippen LogP contribution in [-0.4, -0.2) is 46.1 Å². The number of β-amino-alcohol motifs (C(OH)–C–C–N with tert-alkyl or cyclic N) is 1. The molecule has 0 aliphatic carbocycles. The molecule has 1 saturated heterocycles. The number of hydrogen-bond acceptors (Lipinski definition) is 4. The van der Waals surface area contributed by atoms with Crippen molar-refractivity contribution in [1.29, 1.82) is 0 Å². The zero-order valence-electron chi connectivity index (χ0n) is 16.3. The van der Waals surface area contributed by atoms with Gasteiger partial charge in [-0.3, -0.25) is 9.69 Å². The second-order valence-corrected chi connectivity index (χ2v) is 8.35. The third-order valence-electron chi connectivity index (χ3n) is 5.37. The SMILES string of the molecule is CCC(=O)c1ccc(OC[C@H](O)CN2C(C)(C)CCCC2(C)C)cc1. The average molecular weight is 347 g/mol. The summed E-state index contributed by atoms with van der Waals surface area (Å²) in [6, 6.07) is 7.16. The molecule has 2 rings (SSSR count). The van der Waals surface area contributed by atoms with Gasteiger partial charge in [0.2, 0.25) is 0 Å². The Morgan fingerprint density at radius 1 is 1.16 bits per heavy atom. The van der Waals surface area contributed by atoms with Crippen LogP contribution in [0.2, 0.25) is 0 Å². The molecule has 0 unspecified atom stereocenters. The molecule has 1 aliphatic rings. The van der Waals surface area contributed by atoms with E-state index in [9.17, 15) is 9.90 Å². The Morgan fingerprint density at radius 3 is 2.24 bits per heavy atom. The van der Waals surface area contributed by atoms with Gasteiger partial charge in [0.05, 0.1) is 0 Å². The Morgan fingerprint density at radius 2 is 1.72 bits per heavy atom. The number of likely N-dealkylation sites (tertiary alicyclic amines) is 1. The van der Waals surface area contributed by atoms with E-state index in [-0.39, 0.29) is 23.5 Å². The number of piperidine rings is 1. The number of rotatable bonds is 7. The van der Waals surface area contributed by atoms with Crippen LogP contribution in [-0.2, 0) is 0 Å². The second kappa shape index (κ2) is 7.88. The lowest BCUT2D eigenvalue weighted by Crippen LogP contribution is -2.60. The minimum Gasteiger partial charge on any atom is -0.491 e. The maximum Gasteiger partial charge on any atom is 0.162 e. The van der Waals surface area contributed by atoms with E-state index in [1.165, 1.54) is 6.42 Å². The summed E-state index contributed by atoms with van der Waals surface area (Å²) in [6.07, 6.45) is 3.48. The minimum absolute atomic E-state index is 0.0882. The van der Waals surface area contributed by atoms with E-state index in [2.05, 4.69) is 32.6 Å². The third kappa shape index (κ3) is 5.05. The molecule has 140 valence electrons. The summed E-state index contributed by atoms with van der Waals surface area (Å²) in [6.45, 7) is 11.7. The molecule has 0 bridgehead atoms. The molecule has 0 aromatic heterocycles. The fraction of sp³-hybridized carbons (Fsp3) is 0.667. The summed E-state index contributed by atoms with van der Waals surface area (Å²) in [5.74, 6) is 0.810. The highest BCUT2D eigenvalue weighted by Gasteiger charge is 2.41. The summed E-state index contributed by atoms with van der Waals surface area (Å²) in [4.78, 5) is 14.1. The van der Waals surface area contributed by atoms with Gasteiger partial charge in [0.15, 0.2) is 5.78 Å². The van der Waals surface area contributed by atoms with Crippen molar-refractivity contribution in [2.45, 2.75) is 77.5 Å². The highest BCUT2D eigenvalue weighted by molar-refractivity contribution is 5.95. The Kier molecular flexibility index (Phi) is 6.28. The fourth-order valence-corrected chi connectivity index (χ4v) is 3.93. The maximum absolute atomic E-state index is 11.6. The lowest BCUT2D eigenvalue weighted by atomic mass is 9.79. The van der Waals surface area contributed by atoms with Gasteiger partial charge in [-0.15, -0.1) is 0 Å². The van der Waals surface area contributed by atoms with E-state index >= 15 is 0 Å². The van der Waals surface area contributed by atoms with Crippen LogP contribution in [0.4, 0.5) is 0 Å². The number of ketones is 1. The lowest BCUT2D eigenvalue weighted by molar-refractivity contribution is -0.0606. The number of ether oxygens (including phenoxy) is 1. The molecule has 1 aromatic carbocycles. The molecule has 0 amide bonds. The Labute approximate surface area is 152 Å². The molecule has 1 fully saturated rings. The molecule has 1 aromatic rings. The zero-order chi connectivity index (χ0) is 18.7. The Hall–Kier alpha value is -1.39. The zero-order valence-corrected chi connectivity index (χ0v) is 16.3. The molecule has 0 radical (unpaired) electrons. The summed E-state index contributed by atoms with van der Waals surface area (Å²) in [5, 5.41) is 10.5. The van der Waals surface area contributed by atoms with E-state index in [0.29, 0.717) is 24.3 Å². The van der Waals surface area contributed by atoms with Crippen LogP contribution >= 0.6 is 0 Å². The van der Waals surface area contributed by atoms with Gasteiger partial charge in [-0.2, -0.15) is 0 Å². The molecule has 25 heavy (non-hydrogen) atoms. The standard InChI is InChI=1S/C21H33NO3/c1-6-19(24)16-8-10-18(11-9-16)25-15-17(23)14-22-20(2,3)12-7-13-21(22,4)5/h8-11,17,23H,6-7,12-15H2,1-5H3/t17-/m1/s1. The largest absolute Gasteiger partial charge is 0.491 e. The molecule has 1 aliphatic heterocycles. The van der Waals surface area contributed by atoms with E-state index in [4.69, 9.17) is 4.74 Å². The Balaban J connectivity index is 1.91. The lowest BCUT2D eigenvalue weighted by Gasteiger charge is -2.53. The van der Waals surface area contributed by atoms with Crippen LogP contribution in [0.5, 0.6) is 5.75 Å². The first kappa shape index (κ1) is 19.9. The highest BCUT2D eigenvalue weighted by atomic mass is 16.5. The number of aliphatic hydroxyl groups is 1. The van der Waals surface area contributed by atoms with E-state index in [1.54, 1.807) is 24.3 Å². The quantitative estimate of drug-likeness (QED) is 0.756. The van der Waals surface area contributed by atoms with Crippen LogP contribution in [0.3, 0.4) is 0 Å². The molecule has 4 heteroatoms. The second-order valence-electron chi connectivity index (χ2n) is 8.35. The first-order chi connectivity index (χ1) is 11.7. The van der Waals surface area contributed by atoms with Crippen molar-refractivity contribution < 1.29 is 14.6 Å². The number of carbonyl (C=O) groups is 1. The van der Waals surface area contributed by atoms with Crippen molar-refractivity contribution >= 4 is 5.78 Å². The topological polar surface area (TPSA) is 49.8 Å². The van der Waals surface area contributed by atoms with Gasteiger partial charge in [-0.1, -0.05) is 6.92 Å². The highest BCUT2D eigenvalue weighted by Crippen LogP contribution is 2.38. The van der Waals surface area contributed by atoms with Gasteiger partial charge < -0.3 is 9.84 Å². The number of aliphatic hydroxyl groups excluding tert-OH is 1. The van der Waals surface area contributed by atoms with Crippen molar-refractivity contribution in [2.24, 2.45) is 0 Å². The van der Waals surface area contributed by atoms with Crippen molar-refractivity contribution in [3.05, 3.63) is 29.8 Å². The van der Waals surface area contributed by atoms with Gasteiger partial charge in [0.25, 0.3) is 0 Å². The summed E-state index contributed by atoms with van der Waals surface area (Å²) in [5.41, 5.74) is 0.877. The third-order valence-corrected chi connectivity index (χ3v) is 5.37. The fourth-order valence-electron chi connectivity index (χ4n) is 3.93. The number of hydrogen-bond donors (Lipinski definition) is 1. The van der Waals surface area contributed by atoms with Crippen LogP contribution < -0.4 is 4.74 Å². The number of nitrogens with zero attached hydrogens (tertiary/aromatic N) is 1. The summed E-state index contributed by atoms with van der Waals surface area (Å²) < 4.78 is 5.73. The normalized spacial score (nSPS) is 20.9. The van der Waals surface area contributed by atoms with Gasteiger partial charge in [-0.05, 0) is 71.2 Å². The Bertz CT molecular complexity index is 561. The van der Waals surface area contributed by atoms with Gasteiger partial charge in [0, 0.05) is 29.6 Å². The average Bonchev–Trinajstić information content (AvgIpc) is 2.56. The van der Waals surface area contributed by atoms with Gasteiger partial charge in [-0.25, -0.2) is 0 Å². The minimum atomic E-state index is -0.548. The van der Waals surface area contributed by atoms with Crippen molar-refractivity contribution in [2.75, 3.05) is 13.2 Å². The summed E-state index contributed by atoms with van der Waals surface area (Å²) in [7, 11) is 0. The van der Waals surface area contributed by atoms with Crippen LogP contribution in [0.15, 0.2) is 24.3 Å². The monoisotopic (exact) mass is 347 g/mol. The molecular weight excluding hydrogens is 314 g/mol. The molecule has 1 N–H and O–H groups in total. The number of carbonyl (C=O) groups excluding carboxylic acids is 1. The molecule has 1 heterocycles. The molecule has 4 nitrogen and oxygen atoms in total. The predicted molar refractivity (Wildman–Crippen MR) is 101 cm³/mol. The van der Waals surface area contributed by atoms with E-state index in [0.717, 1.165) is 12.8 Å². The van der Waals surface area contributed by atoms with Crippen molar-refractivity contribution in [3.8, 4) is 5.75 Å². The molecular formula is C21H33NO3. The maximum atomic E-state index is 11.6. The molecule has 1 atom stereocenters.